The molecule has 4 heteroatoms. The van der Waals surface area contributed by atoms with Gasteiger partial charge in [0.05, 0.1) is 6.61 Å². The van der Waals surface area contributed by atoms with Gasteiger partial charge in [0.25, 0.3) is 0 Å². The maximum Gasteiger partial charge on any atom is 0.335 e. The second-order valence-electron chi connectivity index (χ2n) is 2.24. The standard InChI is InChI=1S/C6H7ClO3/c1-4(8)6(7)2-3-10-5(6)9/h2-3H2,1H3/t6-/m0/s1. The summed E-state index contributed by atoms with van der Waals surface area (Å²) in [4.78, 5) is 20.1. The average molecular weight is 163 g/mol. The third kappa shape index (κ3) is 0.904. The van der Waals surface area contributed by atoms with E-state index in [1.165, 1.54) is 6.92 Å². The summed E-state index contributed by atoms with van der Waals surface area (Å²) in [6, 6.07) is 0. The van der Waals surface area contributed by atoms with E-state index in [0.717, 1.165) is 0 Å². The van der Waals surface area contributed by atoms with Crippen molar-refractivity contribution < 1.29 is 14.3 Å². The van der Waals surface area contributed by atoms with Crippen LogP contribution >= 0.6 is 11.6 Å². The normalized spacial score (nSPS) is 32.0. The number of ketones is 1. The Bertz CT molecular complexity index is 189. The predicted octanol–water partition coefficient (Wildman–Crippen LogP) is 0.500. The molecule has 56 valence electrons. The first-order chi connectivity index (χ1) is 4.57. The molecule has 3 nitrogen and oxygen atoms in total. The molecule has 1 heterocycles. The summed E-state index contributed by atoms with van der Waals surface area (Å²) in [5, 5.41) is 0. The number of hydrogen-bond acceptors (Lipinski definition) is 3. The van der Waals surface area contributed by atoms with Crippen LogP contribution in [-0.2, 0) is 14.3 Å². The molecule has 1 aliphatic heterocycles. The van der Waals surface area contributed by atoms with Crippen molar-refractivity contribution in [1.82, 2.24) is 0 Å². The highest BCUT2D eigenvalue weighted by atomic mass is 35.5. The second kappa shape index (κ2) is 2.23. The van der Waals surface area contributed by atoms with Crippen LogP contribution in [0.25, 0.3) is 0 Å². The molecule has 1 saturated heterocycles. The van der Waals surface area contributed by atoms with Crippen LogP contribution in [0.3, 0.4) is 0 Å². The van der Waals surface area contributed by atoms with Gasteiger partial charge in [0, 0.05) is 6.42 Å². The van der Waals surface area contributed by atoms with Crippen molar-refractivity contribution in [2.45, 2.75) is 18.2 Å². The number of alkyl halides is 1. The van der Waals surface area contributed by atoms with E-state index in [2.05, 4.69) is 4.74 Å². The number of carbonyl (C=O) groups is 2. The molecule has 0 N–H and O–H groups in total. The summed E-state index contributed by atoms with van der Waals surface area (Å²) in [5.41, 5.74) is 0. The summed E-state index contributed by atoms with van der Waals surface area (Å²) in [7, 11) is 0. The molecule has 10 heavy (non-hydrogen) atoms. The van der Waals surface area contributed by atoms with Gasteiger partial charge in [-0.2, -0.15) is 0 Å². The van der Waals surface area contributed by atoms with Crippen LogP contribution < -0.4 is 0 Å². The van der Waals surface area contributed by atoms with E-state index >= 15 is 0 Å². The van der Waals surface area contributed by atoms with Gasteiger partial charge in [0.2, 0.25) is 4.87 Å². The SMILES string of the molecule is CC(=O)[C@@]1(Cl)CCOC1=O. The van der Waals surface area contributed by atoms with Crippen molar-refractivity contribution >= 4 is 23.4 Å². The van der Waals surface area contributed by atoms with Gasteiger partial charge in [-0.15, -0.1) is 0 Å². The fourth-order valence-electron chi connectivity index (χ4n) is 0.821. The van der Waals surface area contributed by atoms with E-state index in [9.17, 15) is 9.59 Å². The van der Waals surface area contributed by atoms with Crippen molar-refractivity contribution in [2.24, 2.45) is 0 Å². The summed E-state index contributed by atoms with van der Waals surface area (Å²) >= 11 is 5.63. The molecule has 0 unspecified atom stereocenters. The molecule has 0 aliphatic carbocycles. The van der Waals surface area contributed by atoms with E-state index in [1.54, 1.807) is 0 Å². The lowest BCUT2D eigenvalue weighted by molar-refractivity contribution is -0.142. The smallest absolute Gasteiger partial charge is 0.335 e. The third-order valence-electron chi connectivity index (χ3n) is 1.56. The molecule has 0 amide bonds. The number of halogens is 1. The van der Waals surface area contributed by atoms with Crippen LogP contribution in [0, 0.1) is 0 Å². The lowest BCUT2D eigenvalue weighted by Crippen LogP contribution is -2.35. The number of hydrogen-bond donors (Lipinski definition) is 0. The van der Waals surface area contributed by atoms with Gasteiger partial charge in [-0.05, 0) is 6.92 Å². The molecule has 0 aromatic heterocycles. The average Bonchev–Trinajstić information content (AvgIpc) is 2.15. The molecule has 0 radical (unpaired) electrons. The van der Waals surface area contributed by atoms with E-state index in [-0.39, 0.29) is 12.4 Å². The summed E-state index contributed by atoms with van der Waals surface area (Å²) < 4.78 is 4.54. The number of Topliss-reactive ketones (excluding diaryl/α,β-unsaturated/α-hetero) is 1. The number of rotatable bonds is 1. The minimum Gasteiger partial charge on any atom is -0.464 e. The predicted molar refractivity (Wildman–Crippen MR) is 34.8 cm³/mol. The number of ether oxygens (including phenoxy) is 1. The first kappa shape index (κ1) is 7.54. The summed E-state index contributed by atoms with van der Waals surface area (Å²) in [5.74, 6) is -0.946. The summed E-state index contributed by atoms with van der Waals surface area (Å²) in [6.45, 7) is 1.54. The molecule has 1 rings (SSSR count). The Morgan fingerprint density at radius 2 is 2.40 bits per heavy atom. The van der Waals surface area contributed by atoms with Crippen LogP contribution in [0.15, 0.2) is 0 Å². The van der Waals surface area contributed by atoms with Gasteiger partial charge in [-0.25, -0.2) is 4.79 Å². The lowest BCUT2D eigenvalue weighted by Gasteiger charge is -2.09. The van der Waals surface area contributed by atoms with Crippen molar-refractivity contribution in [1.29, 1.82) is 0 Å². The van der Waals surface area contributed by atoms with Gasteiger partial charge in [0.15, 0.2) is 5.78 Å². The molecule has 0 saturated carbocycles. The maximum absolute atomic E-state index is 10.8. The van der Waals surface area contributed by atoms with Gasteiger partial charge < -0.3 is 4.74 Å². The molecule has 0 aromatic rings. The number of cyclic esters (lactones) is 1. The molecule has 1 aliphatic rings. The Balaban J connectivity index is 2.86. The number of esters is 1. The van der Waals surface area contributed by atoms with Crippen molar-refractivity contribution in [3.63, 3.8) is 0 Å². The first-order valence-electron chi connectivity index (χ1n) is 2.94. The van der Waals surface area contributed by atoms with E-state index in [0.29, 0.717) is 6.42 Å². The minimum atomic E-state index is -1.38. The zero-order valence-electron chi connectivity index (χ0n) is 5.52. The largest absolute Gasteiger partial charge is 0.464 e. The Hall–Kier alpha value is -0.570. The monoisotopic (exact) mass is 162 g/mol. The highest BCUT2D eigenvalue weighted by molar-refractivity contribution is 6.45. The Morgan fingerprint density at radius 3 is 2.60 bits per heavy atom. The van der Waals surface area contributed by atoms with Crippen LogP contribution in [0.1, 0.15) is 13.3 Å². The Kier molecular flexibility index (Phi) is 1.68. The highest BCUT2D eigenvalue weighted by Gasteiger charge is 2.47. The third-order valence-corrected chi connectivity index (χ3v) is 2.17. The first-order valence-corrected chi connectivity index (χ1v) is 3.32. The van der Waals surface area contributed by atoms with Crippen LogP contribution in [0.4, 0.5) is 0 Å². The molecular weight excluding hydrogens is 156 g/mol. The topological polar surface area (TPSA) is 43.4 Å². The van der Waals surface area contributed by atoms with Gasteiger partial charge in [-0.1, -0.05) is 11.6 Å². The fourth-order valence-corrected chi connectivity index (χ4v) is 0.952. The van der Waals surface area contributed by atoms with E-state index in [1.807, 2.05) is 0 Å². The molecule has 0 spiro atoms. The molecule has 0 aromatic carbocycles. The van der Waals surface area contributed by atoms with Gasteiger partial charge >= 0.3 is 5.97 Å². The quantitative estimate of drug-likeness (QED) is 0.320. The molecule has 1 atom stereocenters. The Labute approximate surface area is 63.3 Å². The highest BCUT2D eigenvalue weighted by Crippen LogP contribution is 2.28. The van der Waals surface area contributed by atoms with Gasteiger partial charge in [-0.3, -0.25) is 4.79 Å². The zero-order valence-corrected chi connectivity index (χ0v) is 6.27. The van der Waals surface area contributed by atoms with Crippen LogP contribution in [0.2, 0.25) is 0 Å². The second-order valence-corrected chi connectivity index (χ2v) is 2.89. The van der Waals surface area contributed by atoms with Crippen molar-refractivity contribution in [3.8, 4) is 0 Å². The van der Waals surface area contributed by atoms with Gasteiger partial charge in [0.1, 0.15) is 0 Å². The van der Waals surface area contributed by atoms with Crippen LogP contribution in [-0.4, -0.2) is 23.2 Å². The van der Waals surface area contributed by atoms with E-state index < -0.39 is 10.8 Å². The van der Waals surface area contributed by atoms with Crippen LogP contribution in [0.5, 0.6) is 0 Å². The lowest BCUT2D eigenvalue weighted by atomic mass is 10.0. The van der Waals surface area contributed by atoms with Crippen molar-refractivity contribution in [2.75, 3.05) is 6.61 Å². The van der Waals surface area contributed by atoms with Crippen molar-refractivity contribution in [3.05, 3.63) is 0 Å². The maximum atomic E-state index is 10.8. The summed E-state index contributed by atoms with van der Waals surface area (Å²) in [6.07, 6.45) is 0.294. The molecular formula is C6H7ClO3. The Morgan fingerprint density at radius 1 is 1.80 bits per heavy atom. The molecule has 0 bridgehead atoms. The minimum absolute atomic E-state index is 0.252. The fraction of sp³-hybridized carbons (Fsp3) is 0.667. The van der Waals surface area contributed by atoms with E-state index in [4.69, 9.17) is 11.6 Å². The molecule has 1 fully saturated rings. The number of carbonyl (C=O) groups excluding carboxylic acids is 2. The zero-order chi connectivity index (χ0) is 7.78.